The van der Waals surface area contributed by atoms with Gasteiger partial charge in [0, 0.05) is 5.02 Å². The number of ether oxygens (including phenoxy) is 1. The van der Waals surface area contributed by atoms with E-state index in [1.807, 2.05) is 0 Å². The van der Waals surface area contributed by atoms with Crippen molar-refractivity contribution in [2.24, 2.45) is 0 Å². The fraction of sp³-hybridized carbons (Fsp3) is 0.364. The summed E-state index contributed by atoms with van der Waals surface area (Å²) in [5.41, 5.74) is 1.77. The highest BCUT2D eigenvalue weighted by Crippen LogP contribution is 2.26. The number of aryl methyl sites for hydroxylation is 1. The maximum atomic E-state index is 11.3. The Morgan fingerprint density at radius 1 is 1.53 bits per heavy atom. The molecule has 0 heterocycles. The number of esters is 1. The van der Waals surface area contributed by atoms with Crippen LogP contribution in [0.4, 0.5) is 0 Å². The van der Waals surface area contributed by atoms with Crippen LogP contribution in [-0.4, -0.2) is 18.2 Å². The minimum atomic E-state index is -0.650. The van der Waals surface area contributed by atoms with Gasteiger partial charge in [-0.15, -0.1) is 0 Å². The number of halogens is 1. The average molecular weight is 229 g/mol. The summed E-state index contributed by atoms with van der Waals surface area (Å²) in [5, 5.41) is 9.79. The van der Waals surface area contributed by atoms with Crippen molar-refractivity contribution >= 4 is 17.6 Å². The van der Waals surface area contributed by atoms with E-state index in [2.05, 4.69) is 4.74 Å². The number of methoxy groups -OCH3 is 1. The first-order valence-corrected chi connectivity index (χ1v) is 4.91. The molecule has 0 aliphatic heterocycles. The molecule has 1 rings (SSSR count). The number of carbonyl (C=O) groups is 1. The van der Waals surface area contributed by atoms with Gasteiger partial charge in [0.05, 0.1) is 18.8 Å². The monoisotopic (exact) mass is 228 g/mol. The molecule has 1 aromatic carbocycles. The van der Waals surface area contributed by atoms with Crippen LogP contribution in [0.15, 0.2) is 12.1 Å². The second-order valence-electron chi connectivity index (χ2n) is 3.36. The molecular formula is C11H13ClO3. The van der Waals surface area contributed by atoms with Gasteiger partial charge in [-0.25, -0.2) is 4.79 Å². The zero-order valence-corrected chi connectivity index (χ0v) is 9.63. The number of aliphatic hydroxyl groups excluding tert-OH is 1. The first-order valence-electron chi connectivity index (χ1n) is 4.53. The van der Waals surface area contributed by atoms with Gasteiger partial charge >= 0.3 is 5.97 Å². The molecule has 82 valence electrons. The third kappa shape index (κ3) is 2.49. The van der Waals surface area contributed by atoms with Crippen molar-refractivity contribution < 1.29 is 14.6 Å². The molecule has 0 saturated heterocycles. The molecule has 1 aromatic rings. The summed E-state index contributed by atoms with van der Waals surface area (Å²) in [6.45, 7) is 3.40. The van der Waals surface area contributed by atoms with Crippen LogP contribution in [0.5, 0.6) is 0 Å². The molecule has 1 atom stereocenters. The predicted octanol–water partition coefficient (Wildman–Crippen LogP) is 2.49. The first-order chi connectivity index (χ1) is 6.97. The van der Waals surface area contributed by atoms with E-state index in [4.69, 9.17) is 11.6 Å². The normalized spacial score (nSPS) is 12.3. The van der Waals surface area contributed by atoms with Gasteiger partial charge < -0.3 is 9.84 Å². The summed E-state index contributed by atoms with van der Waals surface area (Å²) in [6.07, 6.45) is -0.650. The van der Waals surface area contributed by atoms with Crippen molar-refractivity contribution in [2.45, 2.75) is 20.0 Å². The Kier molecular flexibility index (Phi) is 3.72. The smallest absolute Gasteiger partial charge is 0.338 e. The molecule has 0 amide bonds. The molecule has 0 aliphatic carbocycles. The molecule has 0 spiro atoms. The van der Waals surface area contributed by atoms with Gasteiger partial charge in [0.25, 0.3) is 0 Å². The third-order valence-electron chi connectivity index (χ3n) is 2.20. The molecule has 0 saturated carbocycles. The third-order valence-corrected chi connectivity index (χ3v) is 2.53. The Bertz CT molecular complexity index is 386. The van der Waals surface area contributed by atoms with Crippen LogP contribution in [-0.2, 0) is 4.74 Å². The molecule has 0 radical (unpaired) electrons. The summed E-state index contributed by atoms with van der Waals surface area (Å²) < 4.78 is 4.61. The first kappa shape index (κ1) is 12.0. The Morgan fingerprint density at radius 3 is 2.60 bits per heavy atom. The maximum Gasteiger partial charge on any atom is 0.338 e. The van der Waals surface area contributed by atoms with Crippen molar-refractivity contribution in [3.63, 3.8) is 0 Å². The summed E-state index contributed by atoms with van der Waals surface area (Å²) in [4.78, 5) is 11.3. The Balaban J connectivity index is 3.25. The van der Waals surface area contributed by atoms with E-state index in [9.17, 15) is 9.90 Å². The molecular weight excluding hydrogens is 216 g/mol. The van der Waals surface area contributed by atoms with Gasteiger partial charge in [0.15, 0.2) is 0 Å². The van der Waals surface area contributed by atoms with Gasteiger partial charge in [-0.3, -0.25) is 0 Å². The zero-order valence-electron chi connectivity index (χ0n) is 8.87. The van der Waals surface area contributed by atoms with Gasteiger partial charge in [-0.1, -0.05) is 17.7 Å². The van der Waals surface area contributed by atoms with Crippen molar-refractivity contribution in [3.8, 4) is 0 Å². The minimum absolute atomic E-state index is 0.371. The Labute approximate surface area is 93.6 Å². The van der Waals surface area contributed by atoms with Crippen molar-refractivity contribution in [1.82, 2.24) is 0 Å². The lowest BCUT2D eigenvalue weighted by atomic mass is 10.0. The fourth-order valence-electron chi connectivity index (χ4n) is 1.35. The number of benzene rings is 1. The lowest BCUT2D eigenvalue weighted by Gasteiger charge is -2.11. The number of hydrogen-bond acceptors (Lipinski definition) is 3. The van der Waals surface area contributed by atoms with Crippen LogP contribution < -0.4 is 0 Å². The summed E-state index contributed by atoms with van der Waals surface area (Å²) >= 11 is 5.93. The van der Waals surface area contributed by atoms with E-state index in [0.717, 1.165) is 5.56 Å². The molecule has 1 unspecified atom stereocenters. The highest BCUT2D eigenvalue weighted by molar-refractivity contribution is 6.31. The number of rotatable bonds is 2. The van der Waals surface area contributed by atoms with Gasteiger partial charge in [-0.2, -0.15) is 0 Å². The van der Waals surface area contributed by atoms with E-state index >= 15 is 0 Å². The predicted molar refractivity (Wildman–Crippen MR) is 58.2 cm³/mol. The standard InChI is InChI=1S/C11H13ClO3/c1-6-4-9(7(2)13)10(12)5-8(6)11(14)15-3/h4-5,7,13H,1-3H3. The summed E-state index contributed by atoms with van der Waals surface area (Å²) in [7, 11) is 1.32. The largest absolute Gasteiger partial charge is 0.465 e. The minimum Gasteiger partial charge on any atom is -0.465 e. The van der Waals surface area contributed by atoms with Crippen LogP contribution >= 0.6 is 11.6 Å². The van der Waals surface area contributed by atoms with Crippen molar-refractivity contribution in [2.75, 3.05) is 7.11 Å². The van der Waals surface area contributed by atoms with Crippen LogP contribution in [0.3, 0.4) is 0 Å². The molecule has 0 bridgehead atoms. The lowest BCUT2D eigenvalue weighted by molar-refractivity contribution is 0.0599. The zero-order chi connectivity index (χ0) is 11.6. The highest BCUT2D eigenvalue weighted by atomic mass is 35.5. The fourth-order valence-corrected chi connectivity index (χ4v) is 1.68. The van der Waals surface area contributed by atoms with E-state index < -0.39 is 12.1 Å². The molecule has 1 N–H and O–H groups in total. The van der Waals surface area contributed by atoms with Gasteiger partial charge in [-0.05, 0) is 31.0 Å². The van der Waals surface area contributed by atoms with Crippen molar-refractivity contribution in [3.05, 3.63) is 33.8 Å². The lowest BCUT2D eigenvalue weighted by Crippen LogP contribution is -2.05. The molecule has 0 aliphatic rings. The second-order valence-corrected chi connectivity index (χ2v) is 3.76. The van der Waals surface area contributed by atoms with E-state index in [1.54, 1.807) is 19.9 Å². The summed E-state index contributed by atoms with van der Waals surface area (Å²) in [5.74, 6) is -0.424. The number of hydrogen-bond donors (Lipinski definition) is 1. The Morgan fingerprint density at radius 2 is 2.13 bits per heavy atom. The average Bonchev–Trinajstić information content (AvgIpc) is 2.19. The molecule has 3 nitrogen and oxygen atoms in total. The molecule has 4 heteroatoms. The van der Waals surface area contributed by atoms with Crippen LogP contribution in [0.1, 0.15) is 34.5 Å². The molecule has 0 fully saturated rings. The highest BCUT2D eigenvalue weighted by Gasteiger charge is 2.14. The van der Waals surface area contributed by atoms with Gasteiger partial charge in [0.2, 0.25) is 0 Å². The number of carbonyl (C=O) groups excluding carboxylic acids is 1. The van der Waals surface area contributed by atoms with Crippen molar-refractivity contribution in [1.29, 1.82) is 0 Å². The quantitative estimate of drug-likeness (QED) is 0.792. The SMILES string of the molecule is COC(=O)c1cc(Cl)c(C(C)O)cc1C. The van der Waals surface area contributed by atoms with E-state index in [1.165, 1.54) is 13.2 Å². The van der Waals surface area contributed by atoms with Crippen LogP contribution in [0, 0.1) is 6.92 Å². The van der Waals surface area contributed by atoms with Crippen LogP contribution in [0.25, 0.3) is 0 Å². The van der Waals surface area contributed by atoms with E-state index in [-0.39, 0.29) is 0 Å². The summed E-state index contributed by atoms with van der Waals surface area (Å²) in [6, 6.07) is 3.21. The molecule has 0 aromatic heterocycles. The molecule has 15 heavy (non-hydrogen) atoms. The topological polar surface area (TPSA) is 46.5 Å². The second kappa shape index (κ2) is 4.64. The van der Waals surface area contributed by atoms with Gasteiger partial charge in [0.1, 0.15) is 0 Å². The maximum absolute atomic E-state index is 11.3. The van der Waals surface area contributed by atoms with Crippen LogP contribution in [0.2, 0.25) is 5.02 Å². The Hall–Kier alpha value is -1.06. The number of aliphatic hydroxyl groups is 1. The van der Waals surface area contributed by atoms with E-state index in [0.29, 0.717) is 16.1 Å².